The van der Waals surface area contributed by atoms with E-state index in [0.29, 0.717) is 0 Å². The molecule has 10 rings (SSSR count). The van der Waals surface area contributed by atoms with Crippen molar-refractivity contribution in [2.45, 2.75) is 0 Å². The monoisotopic (exact) mass is 663 g/mol. The number of benzene rings is 9. The first kappa shape index (κ1) is 30.0. The molecule has 0 saturated heterocycles. The summed E-state index contributed by atoms with van der Waals surface area (Å²) in [6, 6.07) is 71.7. The highest BCUT2D eigenvalue weighted by molar-refractivity contribution is 6.08. The molecule has 10 aromatic rings. The van der Waals surface area contributed by atoms with Crippen LogP contribution in [0.5, 0.6) is 0 Å². The summed E-state index contributed by atoms with van der Waals surface area (Å²) in [6.45, 7) is 0. The number of furan rings is 1. The fraction of sp³-hybridized carbons (Fsp3) is 0. The first-order valence-electron chi connectivity index (χ1n) is 17.7. The van der Waals surface area contributed by atoms with Gasteiger partial charge in [0, 0.05) is 22.3 Å². The highest BCUT2D eigenvalue weighted by Crippen LogP contribution is 2.43. The molecule has 0 amide bonds. The van der Waals surface area contributed by atoms with Crippen molar-refractivity contribution < 1.29 is 4.42 Å². The molecule has 0 bridgehead atoms. The van der Waals surface area contributed by atoms with Crippen LogP contribution in [-0.4, -0.2) is 0 Å². The standard InChI is InChI=1S/C50H33NO/c1-2-11-38-31-39(19-17-34(38)9-1)35-21-26-43(27-22-35)51(48-15-7-6-14-47(48)50-33-42-12-4-8-16-49(42)52-50)44-28-23-36(24-29-44)40-25-30-46-41(32-40)20-18-37-10-3-5-13-45(37)46/h1-33H. The van der Waals surface area contributed by atoms with E-state index in [-0.39, 0.29) is 0 Å². The third kappa shape index (κ3) is 5.30. The lowest BCUT2D eigenvalue weighted by molar-refractivity contribution is 0.631. The zero-order valence-corrected chi connectivity index (χ0v) is 28.4. The molecule has 0 aliphatic heterocycles. The van der Waals surface area contributed by atoms with Crippen molar-refractivity contribution in [3.63, 3.8) is 0 Å². The summed E-state index contributed by atoms with van der Waals surface area (Å²) in [6.07, 6.45) is 0. The lowest BCUT2D eigenvalue weighted by atomic mass is 9.97. The van der Waals surface area contributed by atoms with Crippen molar-refractivity contribution in [1.29, 1.82) is 0 Å². The first-order valence-corrected chi connectivity index (χ1v) is 17.7. The lowest BCUT2D eigenvalue weighted by Gasteiger charge is -2.27. The van der Waals surface area contributed by atoms with Crippen LogP contribution in [0.15, 0.2) is 205 Å². The summed E-state index contributed by atoms with van der Waals surface area (Å²) in [4.78, 5) is 2.34. The highest BCUT2D eigenvalue weighted by atomic mass is 16.3. The maximum atomic E-state index is 6.44. The van der Waals surface area contributed by atoms with Gasteiger partial charge in [-0.05, 0) is 115 Å². The molecule has 1 heterocycles. The van der Waals surface area contributed by atoms with Crippen LogP contribution in [0.4, 0.5) is 17.1 Å². The Balaban J connectivity index is 1.07. The van der Waals surface area contributed by atoms with E-state index in [4.69, 9.17) is 4.42 Å². The SMILES string of the molecule is c1ccc(N(c2ccc(-c3ccc4ccccc4c3)cc2)c2ccc(-c3ccc4c(ccc5ccccc54)c3)cc2)c(-c2cc3ccccc3o2)c1. The number of nitrogens with zero attached hydrogens (tertiary/aromatic N) is 1. The molecule has 0 aliphatic rings. The number of fused-ring (bicyclic) bond motifs is 5. The van der Waals surface area contributed by atoms with E-state index in [9.17, 15) is 0 Å². The van der Waals surface area contributed by atoms with Gasteiger partial charge in [-0.3, -0.25) is 0 Å². The van der Waals surface area contributed by atoms with Gasteiger partial charge in [0.2, 0.25) is 0 Å². The predicted molar refractivity (Wildman–Crippen MR) is 220 cm³/mol. The topological polar surface area (TPSA) is 16.4 Å². The molecule has 1 aromatic heterocycles. The van der Waals surface area contributed by atoms with Gasteiger partial charge in [0.1, 0.15) is 11.3 Å². The molecule has 0 atom stereocenters. The molecule has 0 unspecified atom stereocenters. The van der Waals surface area contributed by atoms with E-state index in [2.05, 4.69) is 193 Å². The van der Waals surface area contributed by atoms with Crippen LogP contribution in [0.2, 0.25) is 0 Å². The van der Waals surface area contributed by atoms with Gasteiger partial charge in [0.15, 0.2) is 0 Å². The Hall–Kier alpha value is -6.90. The second kappa shape index (κ2) is 12.5. The molecule has 0 aliphatic carbocycles. The Morgan fingerprint density at radius 2 is 0.846 bits per heavy atom. The van der Waals surface area contributed by atoms with E-state index in [0.717, 1.165) is 39.4 Å². The van der Waals surface area contributed by atoms with Crippen LogP contribution in [0.25, 0.3) is 76.9 Å². The van der Waals surface area contributed by atoms with Gasteiger partial charge in [-0.15, -0.1) is 0 Å². The summed E-state index contributed by atoms with van der Waals surface area (Å²) in [5, 5.41) is 8.65. The van der Waals surface area contributed by atoms with Crippen LogP contribution in [0.3, 0.4) is 0 Å². The number of hydrogen-bond donors (Lipinski definition) is 0. The second-order valence-corrected chi connectivity index (χ2v) is 13.4. The number of anilines is 3. The van der Waals surface area contributed by atoms with Gasteiger partial charge in [-0.25, -0.2) is 0 Å². The molecule has 2 nitrogen and oxygen atoms in total. The van der Waals surface area contributed by atoms with Gasteiger partial charge in [0.25, 0.3) is 0 Å². The average molecular weight is 664 g/mol. The van der Waals surface area contributed by atoms with Crippen molar-refractivity contribution in [3.8, 4) is 33.6 Å². The number of hydrogen-bond acceptors (Lipinski definition) is 2. The summed E-state index contributed by atoms with van der Waals surface area (Å²) >= 11 is 0. The Kier molecular flexibility index (Phi) is 7.18. The first-order chi connectivity index (χ1) is 25.7. The van der Waals surface area contributed by atoms with E-state index >= 15 is 0 Å². The maximum Gasteiger partial charge on any atom is 0.137 e. The summed E-state index contributed by atoms with van der Waals surface area (Å²) in [7, 11) is 0. The summed E-state index contributed by atoms with van der Waals surface area (Å²) in [5.41, 5.74) is 9.85. The Bertz CT molecular complexity index is 2870. The van der Waals surface area contributed by atoms with Crippen LogP contribution in [0.1, 0.15) is 0 Å². The minimum absolute atomic E-state index is 0.842. The molecular formula is C50H33NO. The fourth-order valence-corrected chi connectivity index (χ4v) is 7.59. The molecule has 244 valence electrons. The van der Waals surface area contributed by atoms with Crippen molar-refractivity contribution in [1.82, 2.24) is 0 Å². The molecule has 52 heavy (non-hydrogen) atoms. The Morgan fingerprint density at radius 3 is 1.60 bits per heavy atom. The Labute approximate surface area is 302 Å². The zero-order chi connectivity index (χ0) is 34.4. The number of para-hydroxylation sites is 2. The van der Waals surface area contributed by atoms with Crippen molar-refractivity contribution in [2.24, 2.45) is 0 Å². The normalized spacial score (nSPS) is 11.5. The summed E-state index contributed by atoms with van der Waals surface area (Å²) < 4.78 is 6.44. The predicted octanol–water partition coefficient (Wildman–Crippen LogP) is 14.4. The molecule has 0 radical (unpaired) electrons. The van der Waals surface area contributed by atoms with Gasteiger partial charge in [-0.2, -0.15) is 0 Å². The van der Waals surface area contributed by atoms with Crippen LogP contribution < -0.4 is 4.90 Å². The van der Waals surface area contributed by atoms with Crippen LogP contribution >= 0.6 is 0 Å². The summed E-state index contributed by atoms with van der Waals surface area (Å²) in [5.74, 6) is 0.842. The fourth-order valence-electron chi connectivity index (χ4n) is 7.59. The molecule has 0 N–H and O–H groups in total. The van der Waals surface area contributed by atoms with Gasteiger partial charge in [0.05, 0.1) is 5.69 Å². The minimum atomic E-state index is 0.842. The van der Waals surface area contributed by atoms with E-state index in [1.165, 1.54) is 54.6 Å². The van der Waals surface area contributed by atoms with Crippen LogP contribution in [-0.2, 0) is 0 Å². The minimum Gasteiger partial charge on any atom is -0.456 e. The van der Waals surface area contributed by atoms with Crippen molar-refractivity contribution in [3.05, 3.63) is 200 Å². The molecule has 9 aromatic carbocycles. The molecular weight excluding hydrogens is 631 g/mol. The Morgan fingerprint density at radius 1 is 0.327 bits per heavy atom. The second-order valence-electron chi connectivity index (χ2n) is 13.4. The van der Waals surface area contributed by atoms with Gasteiger partial charge < -0.3 is 9.32 Å². The maximum absolute atomic E-state index is 6.44. The van der Waals surface area contributed by atoms with E-state index in [1.54, 1.807) is 0 Å². The van der Waals surface area contributed by atoms with Gasteiger partial charge in [-0.1, -0.05) is 140 Å². The van der Waals surface area contributed by atoms with E-state index in [1.807, 2.05) is 12.1 Å². The third-order valence-corrected chi connectivity index (χ3v) is 10.2. The van der Waals surface area contributed by atoms with E-state index < -0.39 is 0 Å². The quantitative estimate of drug-likeness (QED) is 0.165. The molecule has 0 saturated carbocycles. The van der Waals surface area contributed by atoms with Crippen molar-refractivity contribution in [2.75, 3.05) is 4.90 Å². The lowest BCUT2D eigenvalue weighted by Crippen LogP contribution is -2.11. The van der Waals surface area contributed by atoms with Gasteiger partial charge >= 0.3 is 0 Å². The molecule has 0 fully saturated rings. The third-order valence-electron chi connectivity index (χ3n) is 10.2. The smallest absolute Gasteiger partial charge is 0.137 e. The average Bonchev–Trinajstić information content (AvgIpc) is 3.66. The van der Waals surface area contributed by atoms with Crippen LogP contribution in [0, 0.1) is 0 Å². The number of rotatable bonds is 6. The molecule has 2 heteroatoms. The largest absolute Gasteiger partial charge is 0.456 e. The highest BCUT2D eigenvalue weighted by Gasteiger charge is 2.19. The zero-order valence-electron chi connectivity index (χ0n) is 28.4. The van der Waals surface area contributed by atoms with Crippen molar-refractivity contribution >= 4 is 60.3 Å². The molecule has 0 spiro atoms.